The first-order valence-corrected chi connectivity index (χ1v) is 5.24. The molecule has 6 nitrogen and oxygen atoms in total. The van der Waals surface area contributed by atoms with Gasteiger partial charge in [-0.25, -0.2) is 0 Å². The summed E-state index contributed by atoms with van der Waals surface area (Å²) in [5.74, 6) is -0.245. The molecule has 18 heavy (non-hydrogen) atoms. The number of nitrogens with zero attached hydrogens (tertiary/aromatic N) is 3. The minimum absolute atomic E-state index is 0.0367. The molecule has 0 heterocycles. The maximum absolute atomic E-state index is 11.5. The number of carbonyl (C=O) groups excluding carboxylic acids is 1. The van der Waals surface area contributed by atoms with Crippen LogP contribution < -0.4 is 16.0 Å². The number of hydrogen-bond donors (Lipinski definition) is 2. The second-order valence-corrected chi connectivity index (χ2v) is 3.53. The quantitative estimate of drug-likeness (QED) is 0.591. The molecular formula is C12H13N5O. The second-order valence-electron chi connectivity index (χ2n) is 3.53. The molecule has 1 amide bonds. The molecule has 0 aliphatic carbocycles. The molecule has 0 aliphatic rings. The largest absolute Gasteiger partial charge is 0.397 e. The van der Waals surface area contributed by atoms with Crippen molar-refractivity contribution in [3.8, 4) is 12.1 Å². The van der Waals surface area contributed by atoms with Crippen LogP contribution in [-0.4, -0.2) is 26.0 Å². The van der Waals surface area contributed by atoms with Gasteiger partial charge in [0.25, 0.3) is 5.91 Å². The van der Waals surface area contributed by atoms with E-state index in [-0.39, 0.29) is 19.0 Å². The fraction of sp³-hybridized carbons (Fsp3) is 0.250. The highest BCUT2D eigenvalue weighted by atomic mass is 16.1. The van der Waals surface area contributed by atoms with Crippen LogP contribution in [0.25, 0.3) is 0 Å². The molecule has 1 rings (SSSR count). The van der Waals surface area contributed by atoms with Crippen LogP contribution >= 0.6 is 0 Å². The van der Waals surface area contributed by atoms with Gasteiger partial charge in [0.15, 0.2) is 0 Å². The van der Waals surface area contributed by atoms with E-state index in [1.807, 2.05) is 12.1 Å². The fourth-order valence-electron chi connectivity index (χ4n) is 1.50. The Hall–Kier alpha value is -2.73. The van der Waals surface area contributed by atoms with Gasteiger partial charge >= 0.3 is 0 Å². The van der Waals surface area contributed by atoms with Crippen molar-refractivity contribution in [1.29, 1.82) is 10.5 Å². The highest BCUT2D eigenvalue weighted by Crippen LogP contribution is 2.24. The normalized spacial score (nSPS) is 9.06. The maximum atomic E-state index is 11.5. The molecule has 0 bridgehead atoms. The third-order valence-corrected chi connectivity index (χ3v) is 2.38. The molecule has 1 aromatic carbocycles. The Morgan fingerprint density at radius 3 is 2.50 bits per heavy atom. The SMILES string of the molecule is CNC(=O)c1ccc(N)c(N(CC#N)CC#N)c1. The number of nitrogens with one attached hydrogen (secondary N) is 1. The molecule has 92 valence electrons. The van der Waals surface area contributed by atoms with E-state index in [0.717, 1.165) is 0 Å². The molecule has 0 unspecified atom stereocenters. The number of benzene rings is 1. The summed E-state index contributed by atoms with van der Waals surface area (Å²) in [6.45, 7) is 0.0733. The summed E-state index contributed by atoms with van der Waals surface area (Å²) in [6, 6.07) is 8.67. The van der Waals surface area contributed by atoms with Gasteiger partial charge in [0, 0.05) is 12.6 Å². The van der Waals surface area contributed by atoms with E-state index < -0.39 is 0 Å². The number of nitrogens with two attached hydrogens (primary N) is 1. The van der Waals surface area contributed by atoms with Gasteiger partial charge in [0.05, 0.1) is 23.5 Å². The smallest absolute Gasteiger partial charge is 0.251 e. The Morgan fingerprint density at radius 1 is 1.39 bits per heavy atom. The van der Waals surface area contributed by atoms with E-state index in [0.29, 0.717) is 16.9 Å². The first-order valence-electron chi connectivity index (χ1n) is 5.24. The van der Waals surface area contributed by atoms with Gasteiger partial charge in [-0.15, -0.1) is 0 Å². The van der Waals surface area contributed by atoms with Crippen molar-refractivity contribution < 1.29 is 4.79 Å². The van der Waals surface area contributed by atoms with Crippen LogP contribution in [0.4, 0.5) is 11.4 Å². The Bertz CT molecular complexity index is 510. The van der Waals surface area contributed by atoms with Crippen LogP contribution in [0, 0.1) is 22.7 Å². The molecule has 0 spiro atoms. The van der Waals surface area contributed by atoms with E-state index >= 15 is 0 Å². The summed E-state index contributed by atoms with van der Waals surface area (Å²) in [6.07, 6.45) is 0. The molecule has 0 saturated heterocycles. The molecule has 3 N–H and O–H groups in total. The molecule has 0 saturated carbocycles. The van der Waals surface area contributed by atoms with Crippen LogP contribution in [0.5, 0.6) is 0 Å². The van der Waals surface area contributed by atoms with E-state index in [4.69, 9.17) is 16.3 Å². The van der Waals surface area contributed by atoms with Gasteiger partial charge in [-0.3, -0.25) is 4.79 Å². The molecule has 0 radical (unpaired) electrons. The van der Waals surface area contributed by atoms with Gasteiger partial charge in [-0.1, -0.05) is 0 Å². The number of carbonyl (C=O) groups is 1. The van der Waals surface area contributed by atoms with Gasteiger partial charge in [0.2, 0.25) is 0 Å². The Labute approximate surface area is 105 Å². The Kier molecular flexibility index (Phi) is 4.53. The lowest BCUT2D eigenvalue weighted by Gasteiger charge is -2.20. The minimum atomic E-state index is -0.245. The lowest BCUT2D eigenvalue weighted by Crippen LogP contribution is -2.26. The number of rotatable bonds is 4. The highest BCUT2D eigenvalue weighted by Gasteiger charge is 2.12. The van der Waals surface area contributed by atoms with Crippen LogP contribution in [0.15, 0.2) is 18.2 Å². The zero-order valence-electron chi connectivity index (χ0n) is 9.97. The van der Waals surface area contributed by atoms with Gasteiger partial charge in [0.1, 0.15) is 13.1 Å². The summed E-state index contributed by atoms with van der Waals surface area (Å²) < 4.78 is 0. The molecule has 0 fully saturated rings. The van der Waals surface area contributed by atoms with E-state index in [1.54, 1.807) is 18.2 Å². The monoisotopic (exact) mass is 243 g/mol. The summed E-state index contributed by atoms with van der Waals surface area (Å²) >= 11 is 0. The van der Waals surface area contributed by atoms with Crippen molar-refractivity contribution in [3.63, 3.8) is 0 Å². The number of nitrogen functional groups attached to an aromatic ring is 1. The fourth-order valence-corrected chi connectivity index (χ4v) is 1.50. The molecule has 0 atom stereocenters. The average Bonchev–Trinajstić information content (AvgIpc) is 2.38. The third-order valence-electron chi connectivity index (χ3n) is 2.38. The number of hydrogen-bond acceptors (Lipinski definition) is 5. The molecule has 0 aliphatic heterocycles. The van der Waals surface area contributed by atoms with Crippen LogP contribution in [0.1, 0.15) is 10.4 Å². The zero-order valence-corrected chi connectivity index (χ0v) is 9.97. The third kappa shape index (κ3) is 2.89. The van der Waals surface area contributed by atoms with Crippen molar-refractivity contribution in [1.82, 2.24) is 5.32 Å². The first-order chi connectivity index (χ1) is 8.63. The number of anilines is 2. The number of amides is 1. The van der Waals surface area contributed by atoms with Crippen molar-refractivity contribution >= 4 is 17.3 Å². The number of nitriles is 2. The van der Waals surface area contributed by atoms with Gasteiger partial charge in [-0.2, -0.15) is 10.5 Å². The van der Waals surface area contributed by atoms with E-state index in [1.165, 1.54) is 11.9 Å². The second kappa shape index (κ2) is 6.12. The van der Waals surface area contributed by atoms with Crippen molar-refractivity contribution in [2.45, 2.75) is 0 Å². The lowest BCUT2D eigenvalue weighted by atomic mass is 10.1. The summed E-state index contributed by atoms with van der Waals surface area (Å²) in [5, 5.41) is 19.9. The summed E-state index contributed by atoms with van der Waals surface area (Å²) in [7, 11) is 1.53. The molecule has 1 aromatic rings. The van der Waals surface area contributed by atoms with E-state index in [2.05, 4.69) is 5.32 Å². The molecule has 6 heteroatoms. The zero-order chi connectivity index (χ0) is 13.5. The summed E-state index contributed by atoms with van der Waals surface area (Å²) in [5.41, 5.74) is 7.17. The summed E-state index contributed by atoms with van der Waals surface area (Å²) in [4.78, 5) is 13.0. The molecule has 0 aromatic heterocycles. The maximum Gasteiger partial charge on any atom is 0.251 e. The topological polar surface area (TPSA) is 106 Å². The van der Waals surface area contributed by atoms with Gasteiger partial charge in [-0.05, 0) is 18.2 Å². The van der Waals surface area contributed by atoms with Gasteiger partial charge < -0.3 is 16.0 Å². The van der Waals surface area contributed by atoms with E-state index in [9.17, 15) is 4.79 Å². The predicted molar refractivity (Wildman–Crippen MR) is 67.7 cm³/mol. The highest BCUT2D eigenvalue weighted by molar-refractivity contribution is 5.96. The minimum Gasteiger partial charge on any atom is -0.397 e. The van der Waals surface area contributed by atoms with Crippen LogP contribution in [0.2, 0.25) is 0 Å². The van der Waals surface area contributed by atoms with Crippen molar-refractivity contribution in [2.24, 2.45) is 0 Å². The first kappa shape index (κ1) is 13.3. The predicted octanol–water partition coefficient (Wildman–Crippen LogP) is 0.482. The van der Waals surface area contributed by atoms with Crippen LogP contribution in [0.3, 0.4) is 0 Å². The van der Waals surface area contributed by atoms with Crippen molar-refractivity contribution in [3.05, 3.63) is 23.8 Å². The molecular weight excluding hydrogens is 230 g/mol. The van der Waals surface area contributed by atoms with Crippen molar-refractivity contribution in [2.75, 3.05) is 30.8 Å². The Balaban J connectivity index is 3.17. The Morgan fingerprint density at radius 2 is 2.00 bits per heavy atom. The lowest BCUT2D eigenvalue weighted by molar-refractivity contribution is 0.0963. The standard InChI is InChI=1S/C12H13N5O/c1-16-12(18)9-2-3-10(15)11(8-9)17(6-4-13)7-5-14/h2-3,8H,6-7,15H2,1H3,(H,16,18). The van der Waals surface area contributed by atoms with Crippen LogP contribution in [-0.2, 0) is 0 Å². The average molecular weight is 243 g/mol.